The fourth-order valence-electron chi connectivity index (χ4n) is 1.98. The van der Waals surface area contributed by atoms with Crippen LogP contribution >= 0.6 is 23.4 Å². The summed E-state index contributed by atoms with van der Waals surface area (Å²) in [5, 5.41) is 9.41. The molecule has 98 valence electrons. The van der Waals surface area contributed by atoms with Gasteiger partial charge in [0.25, 0.3) is 0 Å². The zero-order valence-electron chi connectivity index (χ0n) is 9.88. The number of nitrogens with zero attached hydrogens (tertiary/aromatic N) is 2. The van der Waals surface area contributed by atoms with Gasteiger partial charge >= 0.3 is 6.09 Å². The van der Waals surface area contributed by atoms with Crippen molar-refractivity contribution in [3.8, 4) is 0 Å². The monoisotopic (exact) mass is 286 g/mol. The molecule has 0 saturated carbocycles. The van der Waals surface area contributed by atoms with Gasteiger partial charge < -0.3 is 10.0 Å². The Balaban J connectivity index is 1.79. The van der Waals surface area contributed by atoms with Crippen molar-refractivity contribution in [3.05, 3.63) is 23.5 Å². The number of pyridine rings is 1. The molecule has 4 nitrogen and oxygen atoms in total. The third-order valence-electron chi connectivity index (χ3n) is 3.08. The number of thioether (sulfide) groups is 1. The Morgan fingerprint density at radius 2 is 2.28 bits per heavy atom. The van der Waals surface area contributed by atoms with Crippen LogP contribution in [-0.2, 0) is 0 Å². The molecule has 1 amide bonds. The Morgan fingerprint density at radius 3 is 2.89 bits per heavy atom. The molecule has 0 unspecified atom stereocenters. The molecular formula is C12H15ClN2O2S. The molecule has 0 aliphatic carbocycles. The Bertz CT molecular complexity index is 422. The number of carbonyl (C=O) groups is 1. The molecule has 6 heteroatoms. The second-order valence-corrected chi connectivity index (χ2v) is 5.74. The largest absolute Gasteiger partial charge is 0.465 e. The molecular weight excluding hydrogens is 272 g/mol. The molecule has 0 atom stereocenters. The molecule has 0 radical (unpaired) electrons. The normalized spacial score (nSPS) is 16.8. The fraction of sp³-hybridized carbons (Fsp3) is 0.500. The number of amides is 1. The van der Waals surface area contributed by atoms with E-state index in [2.05, 4.69) is 4.98 Å². The quantitative estimate of drug-likeness (QED) is 0.685. The molecule has 18 heavy (non-hydrogen) atoms. The first-order valence-electron chi connectivity index (χ1n) is 5.88. The molecule has 0 spiro atoms. The topological polar surface area (TPSA) is 53.4 Å². The van der Waals surface area contributed by atoms with Crippen LogP contribution < -0.4 is 0 Å². The van der Waals surface area contributed by atoms with Crippen molar-refractivity contribution in [2.75, 3.05) is 18.8 Å². The maximum Gasteiger partial charge on any atom is 0.407 e. The van der Waals surface area contributed by atoms with Gasteiger partial charge in [-0.15, -0.1) is 11.8 Å². The number of carboxylic acid groups (broad SMARTS) is 1. The first-order chi connectivity index (χ1) is 8.66. The van der Waals surface area contributed by atoms with Gasteiger partial charge in [0.2, 0.25) is 0 Å². The highest BCUT2D eigenvalue weighted by molar-refractivity contribution is 7.99. The summed E-state index contributed by atoms with van der Waals surface area (Å²) in [5.74, 6) is 1.53. The maximum atomic E-state index is 10.8. The highest BCUT2D eigenvalue weighted by Gasteiger charge is 2.22. The van der Waals surface area contributed by atoms with E-state index < -0.39 is 6.09 Å². The number of hydrogen-bond acceptors (Lipinski definition) is 3. The average molecular weight is 287 g/mol. The fourth-order valence-corrected chi connectivity index (χ4v) is 3.36. The third kappa shape index (κ3) is 3.53. The number of likely N-dealkylation sites (tertiary alicyclic amines) is 1. The van der Waals surface area contributed by atoms with Gasteiger partial charge in [-0.3, -0.25) is 0 Å². The Kier molecular flexibility index (Phi) is 4.72. The number of aromatic nitrogens is 1. The molecule has 1 fully saturated rings. The molecule has 1 saturated heterocycles. The van der Waals surface area contributed by atoms with E-state index in [1.165, 1.54) is 4.90 Å². The molecule has 2 rings (SSSR count). The molecule has 1 N–H and O–H groups in total. The second kappa shape index (κ2) is 6.29. The molecule has 1 aromatic heterocycles. The Morgan fingerprint density at radius 1 is 1.56 bits per heavy atom. The van der Waals surface area contributed by atoms with E-state index in [0.717, 1.165) is 23.5 Å². The van der Waals surface area contributed by atoms with Crippen molar-refractivity contribution >= 4 is 29.5 Å². The number of hydrogen-bond donors (Lipinski definition) is 1. The summed E-state index contributed by atoms with van der Waals surface area (Å²) in [6, 6.07) is 3.84. The smallest absolute Gasteiger partial charge is 0.407 e. The Labute approximate surface area is 115 Å². The molecule has 0 bridgehead atoms. The van der Waals surface area contributed by atoms with Gasteiger partial charge in [-0.05, 0) is 30.9 Å². The SMILES string of the molecule is O=C(O)N1CCC(CSc2cccnc2Cl)CC1. The van der Waals surface area contributed by atoms with Gasteiger partial charge in [0.1, 0.15) is 5.15 Å². The van der Waals surface area contributed by atoms with E-state index in [-0.39, 0.29) is 0 Å². The van der Waals surface area contributed by atoms with E-state index in [9.17, 15) is 4.79 Å². The zero-order valence-corrected chi connectivity index (χ0v) is 11.5. The van der Waals surface area contributed by atoms with Crippen molar-refractivity contribution in [1.82, 2.24) is 9.88 Å². The van der Waals surface area contributed by atoms with Crippen LogP contribution in [-0.4, -0.2) is 39.9 Å². The predicted octanol–water partition coefficient (Wildman–Crippen LogP) is 3.22. The van der Waals surface area contributed by atoms with E-state index in [1.807, 2.05) is 12.1 Å². The zero-order chi connectivity index (χ0) is 13.0. The van der Waals surface area contributed by atoms with Crippen LogP contribution in [0.25, 0.3) is 0 Å². The standard InChI is InChI=1S/C12H15ClN2O2S/c13-11-10(2-1-5-14-11)18-8-9-3-6-15(7-4-9)12(16)17/h1-2,5,9H,3-4,6-8H2,(H,16,17). The maximum absolute atomic E-state index is 10.8. The van der Waals surface area contributed by atoms with E-state index in [0.29, 0.717) is 24.2 Å². The molecule has 2 heterocycles. The van der Waals surface area contributed by atoms with Crippen molar-refractivity contribution in [2.45, 2.75) is 17.7 Å². The van der Waals surface area contributed by atoms with Crippen LogP contribution in [0.3, 0.4) is 0 Å². The Hall–Kier alpha value is -0.940. The van der Waals surface area contributed by atoms with E-state index in [1.54, 1.807) is 18.0 Å². The lowest BCUT2D eigenvalue weighted by molar-refractivity contribution is 0.127. The predicted molar refractivity (Wildman–Crippen MR) is 72.3 cm³/mol. The molecule has 1 aliphatic rings. The molecule has 0 aromatic carbocycles. The summed E-state index contributed by atoms with van der Waals surface area (Å²) < 4.78 is 0. The second-order valence-electron chi connectivity index (χ2n) is 4.32. The van der Waals surface area contributed by atoms with Crippen molar-refractivity contribution in [1.29, 1.82) is 0 Å². The van der Waals surface area contributed by atoms with Crippen LogP contribution in [0.15, 0.2) is 23.2 Å². The summed E-state index contributed by atoms with van der Waals surface area (Å²) in [5.41, 5.74) is 0. The summed E-state index contributed by atoms with van der Waals surface area (Å²) >= 11 is 7.69. The lowest BCUT2D eigenvalue weighted by Crippen LogP contribution is -2.37. The highest BCUT2D eigenvalue weighted by atomic mass is 35.5. The first kappa shape index (κ1) is 13.5. The van der Waals surface area contributed by atoms with Crippen molar-refractivity contribution in [3.63, 3.8) is 0 Å². The van der Waals surface area contributed by atoms with Gasteiger partial charge in [0, 0.05) is 29.9 Å². The summed E-state index contributed by atoms with van der Waals surface area (Å²) in [4.78, 5) is 17.3. The average Bonchev–Trinajstić information content (AvgIpc) is 2.38. The van der Waals surface area contributed by atoms with E-state index in [4.69, 9.17) is 16.7 Å². The summed E-state index contributed by atoms with van der Waals surface area (Å²) in [6.07, 6.45) is 2.72. The minimum Gasteiger partial charge on any atom is -0.465 e. The van der Waals surface area contributed by atoms with Gasteiger partial charge in [0.15, 0.2) is 0 Å². The lowest BCUT2D eigenvalue weighted by Gasteiger charge is -2.29. The summed E-state index contributed by atoms with van der Waals surface area (Å²) in [7, 11) is 0. The number of halogens is 1. The summed E-state index contributed by atoms with van der Waals surface area (Å²) in [6.45, 7) is 1.28. The minimum atomic E-state index is -0.809. The van der Waals surface area contributed by atoms with E-state index >= 15 is 0 Å². The third-order valence-corrected chi connectivity index (χ3v) is 4.78. The highest BCUT2D eigenvalue weighted by Crippen LogP contribution is 2.29. The number of rotatable bonds is 3. The van der Waals surface area contributed by atoms with Crippen molar-refractivity contribution in [2.24, 2.45) is 5.92 Å². The van der Waals surface area contributed by atoms with Crippen LogP contribution in [0.5, 0.6) is 0 Å². The first-order valence-corrected chi connectivity index (χ1v) is 7.24. The van der Waals surface area contributed by atoms with Crippen LogP contribution in [0.2, 0.25) is 5.15 Å². The van der Waals surface area contributed by atoms with Crippen LogP contribution in [0.1, 0.15) is 12.8 Å². The minimum absolute atomic E-state index is 0.547. The van der Waals surface area contributed by atoms with Gasteiger partial charge in [-0.2, -0.15) is 0 Å². The van der Waals surface area contributed by atoms with Gasteiger partial charge in [-0.25, -0.2) is 9.78 Å². The van der Waals surface area contributed by atoms with Crippen molar-refractivity contribution < 1.29 is 9.90 Å². The van der Waals surface area contributed by atoms with Crippen LogP contribution in [0.4, 0.5) is 4.79 Å². The van der Waals surface area contributed by atoms with Gasteiger partial charge in [-0.1, -0.05) is 11.6 Å². The molecule has 1 aliphatic heterocycles. The van der Waals surface area contributed by atoms with Gasteiger partial charge in [0.05, 0.1) is 0 Å². The molecule has 1 aromatic rings. The lowest BCUT2D eigenvalue weighted by atomic mass is 9.99. The van der Waals surface area contributed by atoms with Crippen LogP contribution in [0, 0.1) is 5.92 Å². The number of piperidine rings is 1.